The zero-order valence-electron chi connectivity index (χ0n) is 11.6. The second kappa shape index (κ2) is 5.97. The highest BCUT2D eigenvalue weighted by Gasteiger charge is 2.06. The van der Waals surface area contributed by atoms with E-state index in [4.69, 9.17) is 10.00 Å². The van der Waals surface area contributed by atoms with Crippen molar-refractivity contribution in [2.45, 2.75) is 0 Å². The number of benzene rings is 2. The van der Waals surface area contributed by atoms with Crippen molar-refractivity contribution in [3.63, 3.8) is 0 Å². The van der Waals surface area contributed by atoms with Crippen LogP contribution in [0.5, 0.6) is 5.75 Å². The van der Waals surface area contributed by atoms with Crippen molar-refractivity contribution in [1.29, 1.82) is 5.26 Å². The maximum Gasteiger partial charge on any atom is 0.276 e. The van der Waals surface area contributed by atoms with E-state index in [1.54, 1.807) is 35.3 Å². The van der Waals surface area contributed by atoms with Crippen LogP contribution in [-0.4, -0.2) is 22.2 Å². The molecule has 6 nitrogen and oxygen atoms in total. The average molecular weight is 292 g/mol. The number of rotatable bonds is 4. The summed E-state index contributed by atoms with van der Waals surface area (Å²) in [6.45, 7) is -0.127. The maximum absolute atomic E-state index is 11.9. The molecule has 2 aromatic carbocycles. The number of hydrogen-bond donors (Lipinski definition) is 1. The second-order valence-corrected chi connectivity index (χ2v) is 4.56. The monoisotopic (exact) mass is 292 g/mol. The Hall–Kier alpha value is -3.33. The molecule has 1 heterocycles. The second-order valence-electron chi connectivity index (χ2n) is 4.56. The van der Waals surface area contributed by atoms with Crippen LogP contribution >= 0.6 is 0 Å². The molecule has 0 saturated carbocycles. The quantitative estimate of drug-likeness (QED) is 0.798. The van der Waals surface area contributed by atoms with E-state index >= 15 is 0 Å². The lowest BCUT2D eigenvalue weighted by molar-refractivity contribution is -0.119. The fourth-order valence-electron chi connectivity index (χ4n) is 1.99. The van der Waals surface area contributed by atoms with Gasteiger partial charge in [-0.1, -0.05) is 12.1 Å². The van der Waals surface area contributed by atoms with Crippen LogP contribution in [0, 0.1) is 11.3 Å². The van der Waals surface area contributed by atoms with Crippen LogP contribution in [0.3, 0.4) is 0 Å². The van der Waals surface area contributed by atoms with Crippen LogP contribution in [0.25, 0.3) is 11.0 Å². The molecule has 1 amide bonds. The van der Waals surface area contributed by atoms with Gasteiger partial charge >= 0.3 is 0 Å². The number of imidazole rings is 1. The third-order valence-electron chi connectivity index (χ3n) is 3.05. The normalized spacial score (nSPS) is 10.1. The largest absolute Gasteiger partial charge is 0.484 e. The Kier molecular flexibility index (Phi) is 3.70. The summed E-state index contributed by atoms with van der Waals surface area (Å²) in [6, 6.07) is 16.1. The number of ether oxygens (including phenoxy) is 1. The first kappa shape index (κ1) is 13.6. The molecule has 0 unspecified atom stereocenters. The van der Waals surface area contributed by atoms with Crippen molar-refractivity contribution in [2.24, 2.45) is 0 Å². The third kappa shape index (κ3) is 2.88. The SMILES string of the molecule is N#Cc1ccc(OCC(=O)Nn2cnc3ccccc32)cc1. The van der Waals surface area contributed by atoms with E-state index in [0.29, 0.717) is 11.3 Å². The van der Waals surface area contributed by atoms with Gasteiger partial charge in [-0.15, -0.1) is 0 Å². The minimum Gasteiger partial charge on any atom is -0.484 e. The number of carbonyl (C=O) groups is 1. The summed E-state index contributed by atoms with van der Waals surface area (Å²) in [5, 5.41) is 8.71. The van der Waals surface area contributed by atoms with E-state index in [9.17, 15) is 4.79 Å². The Morgan fingerprint density at radius 3 is 2.77 bits per heavy atom. The number of hydrogen-bond acceptors (Lipinski definition) is 4. The molecule has 108 valence electrons. The van der Waals surface area contributed by atoms with Gasteiger partial charge in [0.05, 0.1) is 22.7 Å². The average Bonchev–Trinajstić information content (AvgIpc) is 2.97. The summed E-state index contributed by atoms with van der Waals surface area (Å²) in [5.41, 5.74) is 4.85. The van der Waals surface area contributed by atoms with E-state index < -0.39 is 0 Å². The molecule has 0 aliphatic rings. The summed E-state index contributed by atoms with van der Waals surface area (Å²) in [4.78, 5) is 16.1. The van der Waals surface area contributed by atoms with E-state index in [-0.39, 0.29) is 12.5 Å². The Morgan fingerprint density at radius 2 is 2.00 bits per heavy atom. The number of para-hydroxylation sites is 2. The summed E-state index contributed by atoms with van der Waals surface area (Å²) in [6.07, 6.45) is 1.55. The van der Waals surface area contributed by atoms with Crippen LogP contribution < -0.4 is 10.2 Å². The first-order valence-corrected chi connectivity index (χ1v) is 6.61. The molecule has 1 aromatic heterocycles. The number of aromatic nitrogens is 2. The maximum atomic E-state index is 11.9. The highest BCUT2D eigenvalue weighted by molar-refractivity contribution is 5.87. The zero-order valence-corrected chi connectivity index (χ0v) is 11.6. The first-order chi connectivity index (χ1) is 10.8. The number of carbonyl (C=O) groups excluding carboxylic acids is 1. The van der Waals surface area contributed by atoms with Crippen LogP contribution in [0.4, 0.5) is 0 Å². The summed E-state index contributed by atoms with van der Waals surface area (Å²) in [7, 11) is 0. The Bertz CT molecular complexity index is 846. The van der Waals surface area contributed by atoms with Gasteiger partial charge in [0.25, 0.3) is 5.91 Å². The van der Waals surface area contributed by atoms with Crippen molar-refractivity contribution < 1.29 is 9.53 Å². The minimum absolute atomic E-state index is 0.127. The number of nitriles is 1. The molecule has 0 fully saturated rings. The fourth-order valence-corrected chi connectivity index (χ4v) is 1.99. The lowest BCUT2D eigenvalue weighted by atomic mass is 10.2. The molecule has 0 atom stereocenters. The molecule has 1 N–H and O–H groups in total. The number of nitrogens with one attached hydrogen (secondary N) is 1. The van der Waals surface area contributed by atoms with Gasteiger partial charge in [0.2, 0.25) is 0 Å². The van der Waals surface area contributed by atoms with Crippen molar-refractivity contribution in [2.75, 3.05) is 12.0 Å². The highest BCUT2D eigenvalue weighted by Crippen LogP contribution is 2.12. The van der Waals surface area contributed by atoms with Crippen LogP contribution in [-0.2, 0) is 4.79 Å². The lowest BCUT2D eigenvalue weighted by Gasteiger charge is -2.08. The van der Waals surface area contributed by atoms with Crippen molar-refractivity contribution in [3.8, 4) is 11.8 Å². The summed E-state index contributed by atoms with van der Waals surface area (Å²) < 4.78 is 6.93. The molecule has 0 aliphatic heterocycles. The van der Waals surface area contributed by atoms with Crippen LogP contribution in [0.15, 0.2) is 54.9 Å². The van der Waals surface area contributed by atoms with E-state index in [1.807, 2.05) is 30.3 Å². The number of fused-ring (bicyclic) bond motifs is 1. The van der Waals surface area contributed by atoms with Gasteiger partial charge in [0.1, 0.15) is 12.1 Å². The molecule has 3 rings (SSSR count). The van der Waals surface area contributed by atoms with Gasteiger partial charge in [-0.05, 0) is 36.4 Å². The van der Waals surface area contributed by atoms with Crippen molar-refractivity contribution >= 4 is 16.9 Å². The molecule has 0 bridgehead atoms. The van der Waals surface area contributed by atoms with Gasteiger partial charge in [-0.3, -0.25) is 10.2 Å². The molecular formula is C16H12N4O2. The van der Waals surface area contributed by atoms with Gasteiger partial charge in [-0.25, -0.2) is 9.66 Å². The topological polar surface area (TPSA) is 79.9 Å². The molecule has 0 saturated heterocycles. The smallest absolute Gasteiger partial charge is 0.276 e. The molecule has 3 aromatic rings. The van der Waals surface area contributed by atoms with Crippen LogP contribution in [0.1, 0.15) is 5.56 Å². The van der Waals surface area contributed by atoms with Crippen LogP contribution in [0.2, 0.25) is 0 Å². The Balaban J connectivity index is 1.61. The van der Waals surface area contributed by atoms with E-state index in [0.717, 1.165) is 11.0 Å². The van der Waals surface area contributed by atoms with E-state index in [1.165, 1.54) is 0 Å². The molecule has 0 spiro atoms. The Labute approximate surface area is 126 Å². The van der Waals surface area contributed by atoms with Crippen molar-refractivity contribution in [1.82, 2.24) is 9.66 Å². The van der Waals surface area contributed by atoms with Gasteiger partial charge in [0, 0.05) is 0 Å². The number of amides is 1. The fraction of sp³-hybridized carbons (Fsp3) is 0.0625. The molecule has 0 aliphatic carbocycles. The molecule has 0 radical (unpaired) electrons. The molecule has 6 heteroatoms. The zero-order chi connectivity index (χ0) is 15.4. The molecule has 22 heavy (non-hydrogen) atoms. The number of nitrogens with zero attached hydrogens (tertiary/aromatic N) is 3. The lowest BCUT2D eigenvalue weighted by Crippen LogP contribution is -2.27. The summed E-state index contributed by atoms with van der Waals surface area (Å²) >= 11 is 0. The predicted molar refractivity (Wildman–Crippen MR) is 80.8 cm³/mol. The Morgan fingerprint density at radius 1 is 1.23 bits per heavy atom. The van der Waals surface area contributed by atoms with Gasteiger partial charge in [0.15, 0.2) is 6.61 Å². The third-order valence-corrected chi connectivity index (χ3v) is 3.05. The predicted octanol–water partition coefficient (Wildman–Crippen LogP) is 2.06. The van der Waals surface area contributed by atoms with E-state index in [2.05, 4.69) is 10.4 Å². The standard InChI is InChI=1S/C16H12N4O2/c17-9-12-5-7-13(8-6-12)22-10-16(21)19-20-11-18-14-3-1-2-4-15(14)20/h1-8,11H,10H2,(H,19,21). The summed E-state index contributed by atoms with van der Waals surface area (Å²) in [5.74, 6) is 0.233. The first-order valence-electron chi connectivity index (χ1n) is 6.61. The highest BCUT2D eigenvalue weighted by atomic mass is 16.5. The minimum atomic E-state index is -0.299. The van der Waals surface area contributed by atoms with Gasteiger partial charge < -0.3 is 4.74 Å². The van der Waals surface area contributed by atoms with Gasteiger partial charge in [-0.2, -0.15) is 5.26 Å². The van der Waals surface area contributed by atoms with Crippen molar-refractivity contribution in [3.05, 3.63) is 60.4 Å². The molecular weight excluding hydrogens is 280 g/mol.